The summed E-state index contributed by atoms with van der Waals surface area (Å²) in [5.41, 5.74) is 0. The normalized spacial score (nSPS) is 11.8. The van der Waals surface area contributed by atoms with Gasteiger partial charge in [-0.2, -0.15) is 0 Å². The van der Waals surface area contributed by atoms with Crippen molar-refractivity contribution in [3.05, 3.63) is 29.3 Å². The molecule has 0 aliphatic carbocycles. The number of unbranched alkanes of at least 4 members (excludes halogenated alkanes) is 5. The van der Waals surface area contributed by atoms with E-state index in [0.29, 0.717) is 17.2 Å². The lowest BCUT2D eigenvalue weighted by atomic mass is 10.1. The molecule has 0 aromatic heterocycles. The number of carbonyl (C=O) groups excluding carboxylic acids is 2. The molecule has 0 bridgehead atoms. The Bertz CT molecular complexity index is 545. The van der Waals surface area contributed by atoms with Crippen molar-refractivity contribution in [3.63, 3.8) is 0 Å². The molecule has 0 aliphatic heterocycles. The Morgan fingerprint density at radius 2 is 1.62 bits per heavy atom. The molecule has 0 saturated carbocycles. The highest BCUT2D eigenvalue weighted by Gasteiger charge is 2.12. The van der Waals surface area contributed by atoms with E-state index in [4.69, 9.17) is 21.1 Å². The monoisotopic (exact) mass is 382 g/mol. The van der Waals surface area contributed by atoms with Crippen LogP contribution in [0.2, 0.25) is 5.02 Å². The van der Waals surface area contributed by atoms with E-state index in [1.165, 1.54) is 32.1 Å². The summed E-state index contributed by atoms with van der Waals surface area (Å²) in [6.07, 6.45) is 8.98. The molecular formula is C21H31ClO4. The van der Waals surface area contributed by atoms with Crippen LogP contribution in [0.1, 0.15) is 78.1 Å². The molecule has 5 heteroatoms. The highest BCUT2D eigenvalue weighted by Crippen LogP contribution is 2.23. The molecule has 4 nitrogen and oxygen atoms in total. The van der Waals surface area contributed by atoms with Crippen molar-refractivity contribution < 1.29 is 19.1 Å². The van der Waals surface area contributed by atoms with Gasteiger partial charge in [0.05, 0.1) is 11.1 Å². The van der Waals surface area contributed by atoms with Crippen molar-refractivity contribution in [1.29, 1.82) is 0 Å². The van der Waals surface area contributed by atoms with Crippen LogP contribution < -0.4 is 4.74 Å². The Labute approximate surface area is 162 Å². The quantitative estimate of drug-likeness (QED) is 0.235. The molecule has 0 spiro atoms. The summed E-state index contributed by atoms with van der Waals surface area (Å²) in [6, 6.07) is 6.81. The lowest BCUT2D eigenvalue weighted by Gasteiger charge is -2.13. The molecule has 1 rings (SSSR count). The summed E-state index contributed by atoms with van der Waals surface area (Å²) in [5, 5.41) is 0.392. The Morgan fingerprint density at radius 1 is 0.962 bits per heavy atom. The van der Waals surface area contributed by atoms with Gasteiger partial charge in [-0.1, -0.05) is 62.8 Å². The number of esters is 2. The summed E-state index contributed by atoms with van der Waals surface area (Å²) >= 11 is 5.94. The topological polar surface area (TPSA) is 52.6 Å². The maximum Gasteiger partial charge on any atom is 0.311 e. The number of rotatable bonds is 13. The summed E-state index contributed by atoms with van der Waals surface area (Å²) in [6.45, 7) is 4.13. The van der Waals surface area contributed by atoms with Gasteiger partial charge in [-0.15, -0.1) is 0 Å². The van der Waals surface area contributed by atoms with Gasteiger partial charge in [0.15, 0.2) is 0 Å². The lowest BCUT2D eigenvalue weighted by Crippen LogP contribution is -2.15. The molecule has 26 heavy (non-hydrogen) atoms. The second-order valence-corrected chi connectivity index (χ2v) is 7.02. The number of halogens is 1. The van der Waals surface area contributed by atoms with Gasteiger partial charge in [0.1, 0.15) is 5.75 Å². The predicted octanol–water partition coefficient (Wildman–Crippen LogP) is 6.10. The first-order valence-corrected chi connectivity index (χ1v) is 10.1. The zero-order valence-corrected chi connectivity index (χ0v) is 16.7. The van der Waals surface area contributed by atoms with Crippen molar-refractivity contribution in [1.82, 2.24) is 0 Å². The van der Waals surface area contributed by atoms with E-state index in [1.54, 1.807) is 24.3 Å². The summed E-state index contributed by atoms with van der Waals surface area (Å²) in [7, 11) is 0. The smallest absolute Gasteiger partial charge is 0.311 e. The molecule has 146 valence electrons. The van der Waals surface area contributed by atoms with Gasteiger partial charge in [-0.25, -0.2) is 0 Å². The van der Waals surface area contributed by atoms with Crippen LogP contribution in [0.3, 0.4) is 0 Å². The van der Waals surface area contributed by atoms with E-state index in [1.807, 2.05) is 6.92 Å². The highest BCUT2D eigenvalue weighted by atomic mass is 35.5. The third-order valence-electron chi connectivity index (χ3n) is 4.12. The van der Waals surface area contributed by atoms with Crippen LogP contribution in [0.25, 0.3) is 0 Å². The SMILES string of the molecule is CCCCCCCCC(C)OC(=O)CCCC(=O)Oc1ccccc1Cl. The van der Waals surface area contributed by atoms with Crippen molar-refractivity contribution in [2.45, 2.75) is 84.2 Å². The van der Waals surface area contributed by atoms with Crippen LogP contribution >= 0.6 is 11.6 Å². The van der Waals surface area contributed by atoms with Crippen LogP contribution in [0, 0.1) is 0 Å². The Morgan fingerprint density at radius 3 is 2.35 bits per heavy atom. The number of hydrogen-bond acceptors (Lipinski definition) is 4. The van der Waals surface area contributed by atoms with Gasteiger partial charge >= 0.3 is 11.9 Å². The summed E-state index contributed by atoms with van der Waals surface area (Å²) in [4.78, 5) is 23.6. The fourth-order valence-electron chi connectivity index (χ4n) is 2.63. The van der Waals surface area contributed by atoms with Crippen molar-refractivity contribution in [3.8, 4) is 5.75 Å². The number of ether oxygens (including phenoxy) is 2. The largest absolute Gasteiger partial charge is 0.463 e. The minimum absolute atomic E-state index is 0.0660. The van der Waals surface area contributed by atoms with Crippen molar-refractivity contribution >= 4 is 23.5 Å². The number of benzene rings is 1. The minimum Gasteiger partial charge on any atom is -0.463 e. The summed E-state index contributed by atoms with van der Waals surface area (Å²) in [5.74, 6) is -0.311. The van der Waals surface area contributed by atoms with E-state index in [2.05, 4.69) is 6.92 Å². The standard InChI is InChI=1S/C21H31ClO4/c1-3-4-5-6-7-8-12-17(2)25-20(23)15-11-16-21(24)26-19-14-10-9-13-18(19)22/h9-10,13-14,17H,3-8,11-12,15-16H2,1-2H3. The molecule has 0 N–H and O–H groups in total. The summed E-state index contributed by atoms with van der Waals surface area (Å²) < 4.78 is 10.6. The van der Waals surface area contributed by atoms with Crippen LogP contribution in [-0.4, -0.2) is 18.0 Å². The average Bonchev–Trinajstić information content (AvgIpc) is 2.60. The maximum atomic E-state index is 11.8. The molecular weight excluding hydrogens is 352 g/mol. The average molecular weight is 383 g/mol. The van der Waals surface area contributed by atoms with Gasteiger partial charge in [0.25, 0.3) is 0 Å². The second kappa shape index (κ2) is 13.6. The lowest BCUT2D eigenvalue weighted by molar-refractivity contribution is -0.148. The Kier molecular flexibility index (Phi) is 11.8. The van der Waals surface area contributed by atoms with E-state index < -0.39 is 5.97 Å². The van der Waals surface area contributed by atoms with E-state index in [-0.39, 0.29) is 24.9 Å². The molecule has 0 amide bonds. The molecule has 0 saturated heterocycles. The first-order chi connectivity index (χ1) is 12.5. The fraction of sp³-hybridized carbons (Fsp3) is 0.619. The number of para-hydroxylation sites is 1. The van der Waals surface area contributed by atoms with Gasteiger partial charge in [0.2, 0.25) is 0 Å². The van der Waals surface area contributed by atoms with Gasteiger partial charge in [0, 0.05) is 12.8 Å². The van der Waals surface area contributed by atoms with Crippen LogP contribution in [0.5, 0.6) is 5.75 Å². The van der Waals surface area contributed by atoms with Gasteiger partial charge in [-0.05, 0) is 38.3 Å². The van der Waals surface area contributed by atoms with Gasteiger partial charge in [-0.3, -0.25) is 9.59 Å². The molecule has 1 unspecified atom stereocenters. The molecule has 0 heterocycles. The molecule has 0 radical (unpaired) electrons. The van der Waals surface area contributed by atoms with Crippen LogP contribution in [-0.2, 0) is 14.3 Å². The zero-order chi connectivity index (χ0) is 19.2. The Hall–Kier alpha value is -1.55. The molecule has 1 atom stereocenters. The molecule has 0 fully saturated rings. The van der Waals surface area contributed by atoms with Crippen molar-refractivity contribution in [2.75, 3.05) is 0 Å². The number of hydrogen-bond donors (Lipinski definition) is 0. The predicted molar refractivity (Wildman–Crippen MR) is 104 cm³/mol. The van der Waals surface area contributed by atoms with E-state index >= 15 is 0 Å². The number of carbonyl (C=O) groups is 2. The highest BCUT2D eigenvalue weighted by molar-refractivity contribution is 6.32. The first kappa shape index (κ1) is 22.5. The minimum atomic E-state index is -0.397. The molecule has 1 aromatic rings. The third-order valence-corrected chi connectivity index (χ3v) is 4.43. The maximum absolute atomic E-state index is 11.8. The van der Waals surface area contributed by atoms with Crippen LogP contribution in [0.15, 0.2) is 24.3 Å². The van der Waals surface area contributed by atoms with Crippen LogP contribution in [0.4, 0.5) is 0 Å². The van der Waals surface area contributed by atoms with Crippen molar-refractivity contribution in [2.24, 2.45) is 0 Å². The zero-order valence-electron chi connectivity index (χ0n) is 16.0. The second-order valence-electron chi connectivity index (χ2n) is 6.61. The van der Waals surface area contributed by atoms with E-state index in [9.17, 15) is 9.59 Å². The van der Waals surface area contributed by atoms with E-state index in [0.717, 1.165) is 12.8 Å². The third kappa shape index (κ3) is 10.4. The fourth-order valence-corrected chi connectivity index (χ4v) is 2.81. The Balaban J connectivity index is 2.10. The molecule has 0 aliphatic rings. The van der Waals surface area contributed by atoms with Gasteiger partial charge < -0.3 is 9.47 Å². The first-order valence-electron chi connectivity index (χ1n) is 9.67. The molecule has 1 aromatic carbocycles.